The van der Waals surface area contributed by atoms with Crippen molar-refractivity contribution in [1.29, 1.82) is 0 Å². The number of benzene rings is 1. The Morgan fingerprint density at radius 1 is 1.29 bits per heavy atom. The summed E-state index contributed by atoms with van der Waals surface area (Å²) in [7, 11) is 1.36. The molecule has 2 N–H and O–H groups in total. The lowest BCUT2D eigenvalue weighted by Crippen LogP contribution is -2.28. The van der Waals surface area contributed by atoms with Gasteiger partial charge in [-0.25, -0.2) is 9.37 Å². The van der Waals surface area contributed by atoms with E-state index in [4.69, 9.17) is 9.47 Å². The fourth-order valence-electron chi connectivity index (χ4n) is 3.30. The Bertz CT molecular complexity index is 859. The Morgan fingerprint density at radius 2 is 2.00 bits per heavy atom. The van der Waals surface area contributed by atoms with Gasteiger partial charge in [-0.15, -0.1) is 0 Å². The SMILES string of the molecule is COc1ccnc(C(=O)Nc2ccc(OC3CCC(C)(C)CC3)cc2F)c1O. The molecule has 0 saturated heterocycles. The minimum atomic E-state index is -0.738. The van der Waals surface area contributed by atoms with Crippen LogP contribution in [0.5, 0.6) is 17.2 Å². The molecule has 1 fully saturated rings. The van der Waals surface area contributed by atoms with Crippen LogP contribution in [-0.2, 0) is 0 Å². The van der Waals surface area contributed by atoms with Crippen LogP contribution in [0.4, 0.5) is 10.1 Å². The highest BCUT2D eigenvalue weighted by atomic mass is 19.1. The Morgan fingerprint density at radius 3 is 2.64 bits per heavy atom. The van der Waals surface area contributed by atoms with Crippen LogP contribution in [0.1, 0.15) is 50.0 Å². The van der Waals surface area contributed by atoms with E-state index in [0.29, 0.717) is 11.2 Å². The van der Waals surface area contributed by atoms with Gasteiger partial charge < -0.3 is 19.9 Å². The molecule has 0 atom stereocenters. The summed E-state index contributed by atoms with van der Waals surface area (Å²) in [6.07, 6.45) is 5.43. The number of carbonyl (C=O) groups is 1. The molecule has 150 valence electrons. The van der Waals surface area contributed by atoms with Crippen molar-refractivity contribution in [2.45, 2.75) is 45.6 Å². The number of hydrogen-bond donors (Lipinski definition) is 2. The van der Waals surface area contributed by atoms with Crippen molar-refractivity contribution in [3.63, 3.8) is 0 Å². The van der Waals surface area contributed by atoms with Gasteiger partial charge in [-0.2, -0.15) is 0 Å². The van der Waals surface area contributed by atoms with Crippen molar-refractivity contribution in [2.75, 3.05) is 12.4 Å². The molecule has 0 aliphatic heterocycles. The molecule has 1 amide bonds. The molecule has 1 aliphatic rings. The summed E-state index contributed by atoms with van der Waals surface area (Å²) >= 11 is 0. The highest BCUT2D eigenvalue weighted by molar-refractivity contribution is 6.05. The number of ether oxygens (including phenoxy) is 2. The predicted octanol–water partition coefficient (Wildman–Crippen LogP) is 4.53. The second-order valence-corrected chi connectivity index (χ2v) is 7.79. The van der Waals surface area contributed by atoms with Crippen LogP contribution in [-0.4, -0.2) is 29.2 Å². The van der Waals surface area contributed by atoms with Crippen LogP contribution in [0.2, 0.25) is 0 Å². The van der Waals surface area contributed by atoms with Gasteiger partial charge in [0, 0.05) is 18.3 Å². The van der Waals surface area contributed by atoms with Crippen LogP contribution in [0.25, 0.3) is 0 Å². The second-order valence-electron chi connectivity index (χ2n) is 7.79. The van der Waals surface area contributed by atoms with Gasteiger partial charge in [0.15, 0.2) is 17.2 Å². The van der Waals surface area contributed by atoms with E-state index in [2.05, 4.69) is 24.1 Å². The molecule has 1 saturated carbocycles. The van der Waals surface area contributed by atoms with Gasteiger partial charge in [0.2, 0.25) is 0 Å². The third-order valence-electron chi connectivity index (χ3n) is 5.10. The normalized spacial score (nSPS) is 16.4. The summed E-state index contributed by atoms with van der Waals surface area (Å²) in [6, 6.07) is 5.74. The molecule has 28 heavy (non-hydrogen) atoms. The van der Waals surface area contributed by atoms with Crippen LogP contribution in [0, 0.1) is 11.2 Å². The predicted molar refractivity (Wildman–Crippen MR) is 103 cm³/mol. The number of nitrogens with one attached hydrogen (secondary N) is 1. The van der Waals surface area contributed by atoms with Crippen molar-refractivity contribution in [1.82, 2.24) is 4.98 Å². The summed E-state index contributed by atoms with van der Waals surface area (Å²) in [6.45, 7) is 4.49. The number of amides is 1. The molecule has 0 unspecified atom stereocenters. The number of nitrogens with zero attached hydrogens (tertiary/aromatic N) is 1. The fourth-order valence-corrected chi connectivity index (χ4v) is 3.30. The highest BCUT2D eigenvalue weighted by Crippen LogP contribution is 2.37. The van der Waals surface area contributed by atoms with Gasteiger partial charge in [0.05, 0.1) is 18.9 Å². The topological polar surface area (TPSA) is 80.7 Å². The maximum absolute atomic E-state index is 14.4. The third-order valence-corrected chi connectivity index (χ3v) is 5.10. The summed E-state index contributed by atoms with van der Waals surface area (Å²) < 4.78 is 25.3. The molecular weight excluding hydrogens is 363 g/mol. The van der Waals surface area contributed by atoms with E-state index in [9.17, 15) is 14.3 Å². The smallest absolute Gasteiger partial charge is 0.278 e. The zero-order chi connectivity index (χ0) is 20.3. The monoisotopic (exact) mass is 388 g/mol. The molecular formula is C21H25FN2O4. The maximum Gasteiger partial charge on any atom is 0.278 e. The van der Waals surface area contributed by atoms with Gasteiger partial charge in [-0.05, 0) is 43.2 Å². The average Bonchev–Trinajstić information content (AvgIpc) is 2.66. The lowest BCUT2D eigenvalue weighted by molar-refractivity contribution is 0.0984. The maximum atomic E-state index is 14.4. The molecule has 1 aliphatic carbocycles. The molecule has 2 aromatic rings. The van der Waals surface area contributed by atoms with E-state index in [1.54, 1.807) is 6.07 Å². The molecule has 1 heterocycles. The fraction of sp³-hybridized carbons (Fsp3) is 0.429. The first kappa shape index (κ1) is 19.9. The Hall–Kier alpha value is -2.83. The largest absolute Gasteiger partial charge is 0.503 e. The molecule has 0 bridgehead atoms. The number of anilines is 1. The number of carbonyl (C=O) groups excluding carboxylic acids is 1. The van der Waals surface area contributed by atoms with E-state index in [1.807, 2.05) is 0 Å². The van der Waals surface area contributed by atoms with Gasteiger partial charge in [-0.1, -0.05) is 13.8 Å². The first-order chi connectivity index (χ1) is 13.3. The number of aromatic hydroxyl groups is 1. The van der Waals surface area contributed by atoms with E-state index in [-0.39, 0.29) is 23.2 Å². The molecule has 0 spiro atoms. The zero-order valence-electron chi connectivity index (χ0n) is 16.3. The van der Waals surface area contributed by atoms with Gasteiger partial charge in [0.1, 0.15) is 11.6 Å². The quantitative estimate of drug-likeness (QED) is 0.786. The standard InChI is InChI=1S/C21H25FN2O4/c1-21(2)9-6-13(7-10-21)28-14-4-5-16(15(22)12-14)24-20(26)18-19(25)17(27-3)8-11-23-18/h4-5,8,11-13,25H,6-7,9-10H2,1-3H3,(H,24,26). The van der Waals surface area contributed by atoms with Crippen LogP contribution in [0.3, 0.4) is 0 Å². The van der Waals surface area contributed by atoms with Crippen molar-refractivity contribution < 1.29 is 23.8 Å². The first-order valence-corrected chi connectivity index (χ1v) is 9.28. The number of hydrogen-bond acceptors (Lipinski definition) is 5. The summed E-state index contributed by atoms with van der Waals surface area (Å²) in [5, 5.41) is 12.4. The summed E-state index contributed by atoms with van der Waals surface area (Å²) in [4.78, 5) is 16.2. The van der Waals surface area contributed by atoms with Crippen molar-refractivity contribution in [3.8, 4) is 17.2 Å². The minimum Gasteiger partial charge on any atom is -0.503 e. The summed E-state index contributed by atoms with van der Waals surface area (Å²) in [5.74, 6) is -1.21. The molecule has 1 aromatic carbocycles. The lowest BCUT2D eigenvalue weighted by atomic mass is 9.76. The number of halogens is 1. The summed E-state index contributed by atoms with van der Waals surface area (Å²) in [5.41, 5.74) is 0.0638. The van der Waals surface area contributed by atoms with Crippen LogP contribution in [0.15, 0.2) is 30.5 Å². The molecule has 6 nitrogen and oxygen atoms in total. The molecule has 1 aromatic heterocycles. The zero-order valence-corrected chi connectivity index (χ0v) is 16.3. The van der Waals surface area contributed by atoms with Gasteiger partial charge in [0.25, 0.3) is 5.91 Å². The second kappa shape index (κ2) is 8.04. The molecule has 0 radical (unpaired) electrons. The van der Waals surface area contributed by atoms with Gasteiger partial charge in [-0.3, -0.25) is 4.79 Å². The van der Waals surface area contributed by atoms with Crippen LogP contribution >= 0.6 is 0 Å². The van der Waals surface area contributed by atoms with Gasteiger partial charge >= 0.3 is 0 Å². The van der Waals surface area contributed by atoms with Crippen molar-refractivity contribution in [2.24, 2.45) is 5.41 Å². The Kier molecular flexibility index (Phi) is 5.72. The van der Waals surface area contributed by atoms with Crippen molar-refractivity contribution >= 4 is 11.6 Å². The van der Waals surface area contributed by atoms with Crippen LogP contribution < -0.4 is 14.8 Å². The highest BCUT2D eigenvalue weighted by Gasteiger charge is 2.28. The van der Waals surface area contributed by atoms with E-state index >= 15 is 0 Å². The number of aromatic nitrogens is 1. The Labute approximate surface area is 163 Å². The molecule has 3 rings (SSSR count). The van der Waals surface area contributed by atoms with E-state index in [0.717, 1.165) is 25.7 Å². The number of methoxy groups -OCH3 is 1. The first-order valence-electron chi connectivity index (χ1n) is 9.28. The average molecular weight is 388 g/mol. The number of pyridine rings is 1. The molecule has 7 heteroatoms. The minimum absolute atomic E-state index is 0.0221. The van der Waals surface area contributed by atoms with Crippen molar-refractivity contribution in [3.05, 3.63) is 42.0 Å². The van der Waals surface area contributed by atoms with E-state index < -0.39 is 17.5 Å². The third kappa shape index (κ3) is 4.52. The lowest BCUT2D eigenvalue weighted by Gasteiger charge is -2.34. The Balaban J connectivity index is 1.67. The number of rotatable bonds is 5. The van der Waals surface area contributed by atoms with E-state index in [1.165, 1.54) is 31.5 Å².